The largest absolute Gasteiger partial charge is 0.465 e. The third kappa shape index (κ3) is 2.62. The molecule has 2 aromatic rings. The van der Waals surface area contributed by atoms with Crippen molar-refractivity contribution in [3.8, 4) is 5.69 Å². The number of carbonyl (C=O) groups is 1. The number of hydrogen-bond donors (Lipinski definition) is 1. The number of aromatic nitrogens is 3. The molecule has 0 saturated heterocycles. The summed E-state index contributed by atoms with van der Waals surface area (Å²) in [5.74, 6) is -0.372. The summed E-state index contributed by atoms with van der Waals surface area (Å²) >= 11 is 0. The Labute approximate surface area is 120 Å². The van der Waals surface area contributed by atoms with Gasteiger partial charge in [-0.25, -0.2) is 13.9 Å². The monoisotopic (exact) mass is 288 g/mol. The molecule has 21 heavy (non-hydrogen) atoms. The van der Waals surface area contributed by atoms with Crippen LogP contribution in [-0.2, 0) is 0 Å². The molecule has 0 fully saturated rings. The number of rotatable bonds is 2. The van der Waals surface area contributed by atoms with Gasteiger partial charge in [-0.15, -0.1) is 5.10 Å². The van der Waals surface area contributed by atoms with Gasteiger partial charge in [-0.3, -0.25) is 0 Å². The number of para-hydroxylation sites is 1. The van der Waals surface area contributed by atoms with Crippen LogP contribution < -0.4 is 0 Å². The van der Waals surface area contributed by atoms with Gasteiger partial charge in [0.25, 0.3) is 0 Å². The fraction of sp³-hybridized carbons (Fsp3) is 0.214. The number of carboxylic acid groups (broad SMARTS) is 1. The highest BCUT2D eigenvalue weighted by Crippen LogP contribution is 2.21. The van der Waals surface area contributed by atoms with Crippen molar-refractivity contribution in [3.63, 3.8) is 0 Å². The Morgan fingerprint density at radius 3 is 2.81 bits per heavy atom. The summed E-state index contributed by atoms with van der Waals surface area (Å²) in [6.45, 7) is 0.755. The second kappa shape index (κ2) is 5.35. The normalized spacial score (nSPS) is 14.9. The van der Waals surface area contributed by atoms with E-state index in [1.165, 1.54) is 15.6 Å². The zero-order valence-corrected chi connectivity index (χ0v) is 11.1. The maximum absolute atomic E-state index is 13.7. The van der Waals surface area contributed by atoms with E-state index in [0.717, 1.165) is 5.57 Å². The van der Waals surface area contributed by atoms with Crippen molar-refractivity contribution in [2.45, 2.75) is 6.42 Å². The summed E-state index contributed by atoms with van der Waals surface area (Å²) in [6.07, 6.45) is 3.11. The lowest BCUT2D eigenvalue weighted by atomic mass is 10.1. The van der Waals surface area contributed by atoms with Crippen LogP contribution in [0.2, 0.25) is 0 Å². The van der Waals surface area contributed by atoms with Gasteiger partial charge in [-0.1, -0.05) is 23.4 Å². The molecule has 7 heteroatoms. The molecule has 1 aliphatic heterocycles. The first kappa shape index (κ1) is 13.3. The average molecular weight is 288 g/mol. The highest BCUT2D eigenvalue weighted by molar-refractivity contribution is 5.69. The molecule has 1 aliphatic rings. The summed E-state index contributed by atoms with van der Waals surface area (Å²) in [4.78, 5) is 12.2. The van der Waals surface area contributed by atoms with Crippen LogP contribution in [0.5, 0.6) is 0 Å². The first-order valence-electron chi connectivity index (χ1n) is 6.49. The molecule has 6 nitrogen and oxygen atoms in total. The number of amides is 1. The number of nitrogens with zero attached hydrogens (tertiary/aromatic N) is 4. The van der Waals surface area contributed by atoms with E-state index >= 15 is 0 Å². The molecule has 1 N–H and O–H groups in total. The van der Waals surface area contributed by atoms with Gasteiger partial charge in [-0.05, 0) is 24.1 Å². The van der Waals surface area contributed by atoms with Crippen LogP contribution in [0.1, 0.15) is 12.1 Å². The van der Waals surface area contributed by atoms with E-state index in [1.807, 2.05) is 6.08 Å². The topological polar surface area (TPSA) is 71.2 Å². The molecule has 0 unspecified atom stereocenters. The van der Waals surface area contributed by atoms with Crippen molar-refractivity contribution in [1.82, 2.24) is 19.9 Å². The molecule has 1 aromatic heterocycles. The quantitative estimate of drug-likeness (QED) is 0.919. The zero-order valence-electron chi connectivity index (χ0n) is 11.1. The van der Waals surface area contributed by atoms with Crippen molar-refractivity contribution in [1.29, 1.82) is 0 Å². The smallest absolute Gasteiger partial charge is 0.407 e. The molecule has 108 valence electrons. The first-order valence-corrected chi connectivity index (χ1v) is 6.49. The van der Waals surface area contributed by atoms with Gasteiger partial charge in [-0.2, -0.15) is 0 Å². The van der Waals surface area contributed by atoms with Gasteiger partial charge >= 0.3 is 6.09 Å². The van der Waals surface area contributed by atoms with E-state index in [9.17, 15) is 9.18 Å². The van der Waals surface area contributed by atoms with Crippen LogP contribution in [0.15, 0.2) is 36.5 Å². The lowest BCUT2D eigenvalue weighted by Gasteiger charge is -2.22. The highest BCUT2D eigenvalue weighted by Gasteiger charge is 2.18. The van der Waals surface area contributed by atoms with Crippen LogP contribution in [0.3, 0.4) is 0 Å². The van der Waals surface area contributed by atoms with Crippen LogP contribution >= 0.6 is 0 Å². The van der Waals surface area contributed by atoms with E-state index in [4.69, 9.17) is 5.11 Å². The van der Waals surface area contributed by atoms with Crippen molar-refractivity contribution in [2.24, 2.45) is 0 Å². The van der Waals surface area contributed by atoms with Crippen LogP contribution in [0, 0.1) is 5.82 Å². The first-order chi connectivity index (χ1) is 10.1. The van der Waals surface area contributed by atoms with Gasteiger partial charge in [0.15, 0.2) is 0 Å². The minimum Gasteiger partial charge on any atom is -0.465 e. The predicted octanol–water partition coefficient (Wildman–Crippen LogP) is 2.17. The molecule has 0 saturated carbocycles. The van der Waals surface area contributed by atoms with Gasteiger partial charge in [0.2, 0.25) is 0 Å². The second-order valence-electron chi connectivity index (χ2n) is 4.71. The lowest BCUT2D eigenvalue weighted by molar-refractivity contribution is 0.150. The molecule has 0 aliphatic carbocycles. The molecular weight excluding hydrogens is 275 g/mol. The fourth-order valence-electron chi connectivity index (χ4n) is 2.24. The number of hydrogen-bond acceptors (Lipinski definition) is 3. The Balaban J connectivity index is 1.83. The Bertz CT molecular complexity index is 711. The predicted molar refractivity (Wildman–Crippen MR) is 73.5 cm³/mol. The van der Waals surface area contributed by atoms with E-state index < -0.39 is 6.09 Å². The summed E-state index contributed by atoms with van der Waals surface area (Å²) in [6, 6.07) is 6.32. The van der Waals surface area contributed by atoms with E-state index in [-0.39, 0.29) is 5.82 Å². The van der Waals surface area contributed by atoms with Crippen molar-refractivity contribution in [2.75, 3.05) is 13.1 Å². The summed E-state index contributed by atoms with van der Waals surface area (Å²) in [5, 5.41) is 16.9. The van der Waals surface area contributed by atoms with Gasteiger partial charge in [0.05, 0.1) is 6.20 Å². The van der Waals surface area contributed by atoms with Gasteiger partial charge < -0.3 is 10.0 Å². The minimum absolute atomic E-state index is 0.331. The standard InChI is InChI=1S/C14H13FN4O2/c15-11-3-1-2-4-13(11)19-9-12(16-17-19)10-5-7-18(8-6-10)14(20)21/h1-5,9H,6-8H2,(H,20,21). The number of benzene rings is 1. The van der Waals surface area contributed by atoms with E-state index in [1.54, 1.807) is 24.4 Å². The fourth-order valence-corrected chi connectivity index (χ4v) is 2.24. The highest BCUT2D eigenvalue weighted by atomic mass is 19.1. The Morgan fingerprint density at radius 2 is 2.14 bits per heavy atom. The third-order valence-corrected chi connectivity index (χ3v) is 3.40. The van der Waals surface area contributed by atoms with Crippen molar-refractivity contribution < 1.29 is 14.3 Å². The minimum atomic E-state index is -0.930. The molecular formula is C14H13FN4O2. The Morgan fingerprint density at radius 1 is 1.33 bits per heavy atom. The molecule has 3 rings (SSSR count). The maximum Gasteiger partial charge on any atom is 0.407 e. The molecule has 1 aromatic carbocycles. The molecule has 0 atom stereocenters. The number of halogens is 1. The Kier molecular flexibility index (Phi) is 3.39. The lowest BCUT2D eigenvalue weighted by Crippen LogP contribution is -2.33. The maximum atomic E-state index is 13.7. The molecule has 0 radical (unpaired) electrons. The van der Waals surface area contributed by atoms with Crippen molar-refractivity contribution >= 4 is 11.7 Å². The van der Waals surface area contributed by atoms with Crippen LogP contribution in [0.4, 0.5) is 9.18 Å². The van der Waals surface area contributed by atoms with Crippen LogP contribution in [-0.4, -0.2) is 44.2 Å². The van der Waals surface area contributed by atoms with E-state index in [2.05, 4.69) is 10.3 Å². The summed E-state index contributed by atoms with van der Waals surface area (Å²) in [5.41, 5.74) is 1.90. The molecule has 0 spiro atoms. The van der Waals surface area contributed by atoms with Gasteiger partial charge in [0.1, 0.15) is 17.2 Å². The third-order valence-electron chi connectivity index (χ3n) is 3.40. The zero-order chi connectivity index (χ0) is 14.8. The Hall–Kier alpha value is -2.70. The molecule has 2 heterocycles. The second-order valence-corrected chi connectivity index (χ2v) is 4.71. The average Bonchev–Trinajstić information content (AvgIpc) is 2.97. The van der Waals surface area contributed by atoms with Crippen LogP contribution in [0.25, 0.3) is 11.3 Å². The summed E-state index contributed by atoms with van der Waals surface area (Å²) in [7, 11) is 0. The summed E-state index contributed by atoms with van der Waals surface area (Å²) < 4.78 is 15.1. The molecule has 1 amide bonds. The van der Waals surface area contributed by atoms with Gasteiger partial charge in [0, 0.05) is 13.1 Å². The van der Waals surface area contributed by atoms with E-state index in [0.29, 0.717) is 30.9 Å². The van der Waals surface area contributed by atoms with Crippen molar-refractivity contribution in [3.05, 3.63) is 48.0 Å². The molecule has 0 bridgehead atoms. The SMILES string of the molecule is O=C(O)N1CC=C(c2cn(-c3ccccc3F)nn2)CC1.